The number of halogens is 1. The molecular formula is C18H20BrNO4. The first-order valence-electron chi connectivity index (χ1n) is 7.45. The summed E-state index contributed by atoms with van der Waals surface area (Å²) in [5.74, 6) is 1.23. The van der Waals surface area contributed by atoms with Gasteiger partial charge in [-0.2, -0.15) is 0 Å². The van der Waals surface area contributed by atoms with Crippen molar-refractivity contribution in [2.75, 3.05) is 27.3 Å². The standard InChI is InChI=1S/C18H20BrNO4/c1-20(18(22)13-3-5-14(19)6-4-13)11-15(21)12-24-17-9-7-16(23-2)8-10-17/h3-10,15,21H,11-12H2,1-2H3/t15-/m0/s1. The van der Waals surface area contributed by atoms with Gasteiger partial charge in [0.1, 0.15) is 24.2 Å². The molecule has 0 heterocycles. The molecule has 0 aromatic heterocycles. The fraction of sp³-hybridized carbons (Fsp3) is 0.278. The van der Waals surface area contributed by atoms with Crippen molar-refractivity contribution >= 4 is 21.8 Å². The van der Waals surface area contributed by atoms with Crippen molar-refractivity contribution in [1.82, 2.24) is 4.90 Å². The number of hydrogen-bond acceptors (Lipinski definition) is 4. The monoisotopic (exact) mass is 393 g/mol. The van der Waals surface area contributed by atoms with Crippen molar-refractivity contribution < 1.29 is 19.4 Å². The summed E-state index contributed by atoms with van der Waals surface area (Å²) in [6.07, 6.45) is -0.781. The number of carbonyl (C=O) groups is 1. The third-order valence-electron chi connectivity index (χ3n) is 3.42. The number of hydrogen-bond donors (Lipinski definition) is 1. The first kappa shape index (κ1) is 18.3. The summed E-state index contributed by atoms with van der Waals surface area (Å²) in [6, 6.07) is 14.2. The van der Waals surface area contributed by atoms with Crippen LogP contribution in [0, 0.1) is 0 Å². The quantitative estimate of drug-likeness (QED) is 0.785. The summed E-state index contributed by atoms with van der Waals surface area (Å²) in [6.45, 7) is 0.287. The molecule has 0 spiro atoms. The minimum Gasteiger partial charge on any atom is -0.497 e. The highest BCUT2D eigenvalue weighted by atomic mass is 79.9. The molecule has 0 fully saturated rings. The average Bonchev–Trinajstić information content (AvgIpc) is 2.60. The van der Waals surface area contributed by atoms with Gasteiger partial charge in [-0.3, -0.25) is 4.79 Å². The molecule has 24 heavy (non-hydrogen) atoms. The van der Waals surface area contributed by atoms with Gasteiger partial charge in [-0.05, 0) is 48.5 Å². The number of methoxy groups -OCH3 is 1. The molecule has 0 aliphatic rings. The van der Waals surface area contributed by atoms with Gasteiger partial charge in [0, 0.05) is 23.6 Å². The van der Waals surface area contributed by atoms with E-state index in [4.69, 9.17) is 9.47 Å². The van der Waals surface area contributed by atoms with Gasteiger partial charge >= 0.3 is 0 Å². The van der Waals surface area contributed by atoms with Crippen LogP contribution in [0.5, 0.6) is 11.5 Å². The maximum Gasteiger partial charge on any atom is 0.253 e. The predicted octanol–water partition coefficient (Wildman–Crippen LogP) is 2.97. The second kappa shape index (κ2) is 8.70. The number of benzene rings is 2. The number of nitrogens with zero attached hydrogens (tertiary/aromatic N) is 1. The van der Waals surface area contributed by atoms with Crippen molar-refractivity contribution in [2.24, 2.45) is 0 Å². The van der Waals surface area contributed by atoms with Gasteiger partial charge in [0.25, 0.3) is 5.91 Å². The molecule has 5 nitrogen and oxygen atoms in total. The number of rotatable bonds is 7. The van der Waals surface area contributed by atoms with E-state index in [2.05, 4.69) is 15.9 Å². The molecule has 0 aliphatic heterocycles. The largest absolute Gasteiger partial charge is 0.497 e. The first-order valence-corrected chi connectivity index (χ1v) is 8.25. The second-order valence-electron chi connectivity index (χ2n) is 5.33. The summed E-state index contributed by atoms with van der Waals surface area (Å²) >= 11 is 3.33. The van der Waals surface area contributed by atoms with Crippen LogP contribution in [0.3, 0.4) is 0 Å². The van der Waals surface area contributed by atoms with E-state index in [0.29, 0.717) is 11.3 Å². The van der Waals surface area contributed by atoms with Gasteiger partial charge in [0.2, 0.25) is 0 Å². The summed E-state index contributed by atoms with van der Waals surface area (Å²) in [5, 5.41) is 10.1. The van der Waals surface area contributed by atoms with E-state index < -0.39 is 6.10 Å². The van der Waals surface area contributed by atoms with Crippen LogP contribution >= 0.6 is 15.9 Å². The van der Waals surface area contributed by atoms with E-state index in [1.165, 1.54) is 4.90 Å². The van der Waals surface area contributed by atoms with Crippen molar-refractivity contribution in [3.05, 3.63) is 58.6 Å². The highest BCUT2D eigenvalue weighted by molar-refractivity contribution is 9.10. The SMILES string of the molecule is COc1ccc(OC[C@@H](O)CN(C)C(=O)c2ccc(Br)cc2)cc1. The third-order valence-corrected chi connectivity index (χ3v) is 3.95. The van der Waals surface area contributed by atoms with Crippen LogP contribution in [0.15, 0.2) is 53.0 Å². The molecule has 0 saturated heterocycles. The number of aliphatic hydroxyl groups excluding tert-OH is 1. The van der Waals surface area contributed by atoms with Crippen molar-refractivity contribution in [3.63, 3.8) is 0 Å². The Balaban J connectivity index is 1.83. The summed E-state index contributed by atoms with van der Waals surface area (Å²) in [4.78, 5) is 13.8. The van der Waals surface area contributed by atoms with E-state index in [1.54, 1.807) is 50.6 Å². The van der Waals surface area contributed by atoms with Crippen LogP contribution in [-0.2, 0) is 0 Å². The normalized spacial score (nSPS) is 11.7. The van der Waals surface area contributed by atoms with Crippen LogP contribution in [0.1, 0.15) is 10.4 Å². The van der Waals surface area contributed by atoms with Crippen LogP contribution in [-0.4, -0.2) is 49.3 Å². The number of ether oxygens (including phenoxy) is 2. The second-order valence-corrected chi connectivity index (χ2v) is 6.25. The Morgan fingerprint density at radius 2 is 1.71 bits per heavy atom. The lowest BCUT2D eigenvalue weighted by Crippen LogP contribution is -2.37. The molecule has 0 radical (unpaired) electrons. The lowest BCUT2D eigenvalue weighted by atomic mass is 10.2. The van der Waals surface area contributed by atoms with Gasteiger partial charge in [0.05, 0.1) is 7.11 Å². The highest BCUT2D eigenvalue weighted by Gasteiger charge is 2.16. The smallest absolute Gasteiger partial charge is 0.253 e. The fourth-order valence-corrected chi connectivity index (χ4v) is 2.39. The molecule has 1 amide bonds. The zero-order chi connectivity index (χ0) is 17.5. The van der Waals surface area contributed by atoms with Gasteiger partial charge in [-0.1, -0.05) is 15.9 Å². The zero-order valence-electron chi connectivity index (χ0n) is 13.6. The van der Waals surface area contributed by atoms with E-state index >= 15 is 0 Å². The lowest BCUT2D eigenvalue weighted by molar-refractivity contribution is 0.0563. The summed E-state index contributed by atoms with van der Waals surface area (Å²) in [5.41, 5.74) is 0.573. The van der Waals surface area contributed by atoms with Gasteiger partial charge in [-0.15, -0.1) is 0 Å². The number of aliphatic hydroxyl groups is 1. The molecule has 6 heteroatoms. The Morgan fingerprint density at radius 1 is 1.12 bits per heavy atom. The molecule has 0 unspecified atom stereocenters. The molecule has 0 aliphatic carbocycles. The fourth-order valence-electron chi connectivity index (χ4n) is 2.13. The third kappa shape index (κ3) is 5.25. The number of amides is 1. The summed E-state index contributed by atoms with van der Waals surface area (Å²) in [7, 11) is 3.25. The molecule has 2 aromatic rings. The van der Waals surface area contributed by atoms with Crippen LogP contribution in [0.2, 0.25) is 0 Å². The molecule has 2 rings (SSSR count). The van der Waals surface area contributed by atoms with Crippen molar-refractivity contribution in [1.29, 1.82) is 0 Å². The average molecular weight is 394 g/mol. The maximum atomic E-state index is 12.3. The van der Waals surface area contributed by atoms with E-state index in [0.717, 1.165) is 10.2 Å². The number of likely N-dealkylation sites (N-methyl/N-ethyl adjacent to an activating group) is 1. The van der Waals surface area contributed by atoms with Crippen LogP contribution in [0.25, 0.3) is 0 Å². The number of carbonyl (C=O) groups excluding carboxylic acids is 1. The van der Waals surface area contributed by atoms with E-state index in [1.807, 2.05) is 12.1 Å². The summed E-state index contributed by atoms with van der Waals surface area (Å²) < 4.78 is 11.5. The lowest BCUT2D eigenvalue weighted by Gasteiger charge is -2.21. The van der Waals surface area contributed by atoms with Crippen LogP contribution in [0.4, 0.5) is 0 Å². The molecule has 0 bridgehead atoms. The molecule has 1 atom stereocenters. The Morgan fingerprint density at radius 3 is 2.29 bits per heavy atom. The van der Waals surface area contributed by atoms with Crippen LogP contribution < -0.4 is 9.47 Å². The van der Waals surface area contributed by atoms with E-state index in [9.17, 15) is 9.90 Å². The molecule has 0 saturated carbocycles. The highest BCUT2D eigenvalue weighted by Crippen LogP contribution is 2.17. The minimum absolute atomic E-state index is 0.101. The van der Waals surface area contributed by atoms with Crippen molar-refractivity contribution in [3.8, 4) is 11.5 Å². The van der Waals surface area contributed by atoms with Gasteiger partial charge in [0.15, 0.2) is 0 Å². The first-order chi connectivity index (χ1) is 11.5. The Kier molecular flexibility index (Phi) is 6.63. The Bertz CT molecular complexity index is 658. The molecule has 2 aromatic carbocycles. The Hall–Kier alpha value is -2.05. The molecular weight excluding hydrogens is 374 g/mol. The minimum atomic E-state index is -0.781. The maximum absolute atomic E-state index is 12.3. The van der Waals surface area contributed by atoms with Gasteiger partial charge in [-0.25, -0.2) is 0 Å². The molecule has 128 valence electrons. The zero-order valence-corrected chi connectivity index (χ0v) is 15.2. The Labute approximate surface area is 149 Å². The topological polar surface area (TPSA) is 59.0 Å². The van der Waals surface area contributed by atoms with Gasteiger partial charge < -0.3 is 19.5 Å². The van der Waals surface area contributed by atoms with Crippen molar-refractivity contribution in [2.45, 2.75) is 6.10 Å². The van der Waals surface area contributed by atoms with E-state index in [-0.39, 0.29) is 19.1 Å². The predicted molar refractivity (Wildman–Crippen MR) is 95.6 cm³/mol. The molecule has 1 N–H and O–H groups in total.